The van der Waals surface area contributed by atoms with Crippen molar-refractivity contribution >= 4 is 17.5 Å². The van der Waals surface area contributed by atoms with Gasteiger partial charge >= 0.3 is 0 Å². The van der Waals surface area contributed by atoms with Crippen LogP contribution in [0.3, 0.4) is 0 Å². The third kappa shape index (κ3) is 2.83. The first-order chi connectivity index (χ1) is 6.24. The molecule has 1 aliphatic heterocycles. The lowest BCUT2D eigenvalue weighted by Gasteiger charge is -2.10. The normalized spacial score (nSPS) is 16.1. The second-order valence-corrected chi connectivity index (χ2v) is 2.46. The van der Waals surface area contributed by atoms with Gasteiger partial charge in [-0.2, -0.15) is 5.10 Å². The summed E-state index contributed by atoms with van der Waals surface area (Å²) in [6.45, 7) is 2.15. The average Bonchev–Trinajstić information content (AvgIpc) is 2.15. The smallest absolute Gasteiger partial charge is 0.274 e. The zero-order valence-electron chi connectivity index (χ0n) is 7.29. The Kier molecular flexibility index (Phi) is 3.39. The monoisotopic (exact) mass is 185 g/mol. The quantitative estimate of drug-likeness (QED) is 0.572. The number of carbonyl (C=O) groups excluding carboxylic acids is 2. The van der Waals surface area contributed by atoms with Crippen LogP contribution < -0.4 is 10.9 Å². The lowest BCUT2D eigenvalue weighted by atomic mass is 10.2. The van der Waals surface area contributed by atoms with Crippen molar-refractivity contribution in [1.29, 1.82) is 0 Å². The summed E-state index contributed by atoms with van der Waals surface area (Å²) in [6.07, 6.45) is 0.642. The molecule has 1 heterocycles. The molecule has 6 nitrogen and oxygen atoms in total. The van der Waals surface area contributed by atoms with E-state index in [1.54, 1.807) is 6.92 Å². The molecule has 0 aliphatic carbocycles. The van der Waals surface area contributed by atoms with Crippen LogP contribution in [0.4, 0.5) is 0 Å². The van der Waals surface area contributed by atoms with Crippen LogP contribution in [0.1, 0.15) is 19.8 Å². The molecule has 0 fully saturated rings. The number of hydroxylamine groups is 1. The standard InChI is InChI=1S/C7H11N3O3/c1-2-13-10-7(12)5-3-4-6(11)9-8-5/h2-4H2,1H3,(H,9,11)(H,10,12). The largest absolute Gasteiger partial charge is 0.291 e. The van der Waals surface area contributed by atoms with E-state index in [4.69, 9.17) is 0 Å². The Bertz CT molecular complexity index is 249. The van der Waals surface area contributed by atoms with E-state index in [0.717, 1.165) is 0 Å². The van der Waals surface area contributed by atoms with Crippen LogP contribution in [0.15, 0.2) is 5.10 Å². The molecule has 72 valence electrons. The molecule has 0 saturated heterocycles. The predicted octanol–water partition coefficient (Wildman–Crippen LogP) is -0.680. The summed E-state index contributed by atoms with van der Waals surface area (Å²) in [4.78, 5) is 26.5. The highest BCUT2D eigenvalue weighted by molar-refractivity contribution is 6.39. The van der Waals surface area contributed by atoms with Crippen molar-refractivity contribution in [2.75, 3.05) is 6.61 Å². The van der Waals surface area contributed by atoms with Gasteiger partial charge in [0.1, 0.15) is 5.71 Å². The van der Waals surface area contributed by atoms with E-state index in [0.29, 0.717) is 19.4 Å². The van der Waals surface area contributed by atoms with Crippen LogP contribution in [0.25, 0.3) is 0 Å². The number of hydrogen-bond acceptors (Lipinski definition) is 4. The minimum absolute atomic E-state index is 0.173. The Morgan fingerprint density at radius 2 is 2.46 bits per heavy atom. The third-order valence-corrected chi connectivity index (χ3v) is 1.48. The first kappa shape index (κ1) is 9.66. The molecule has 2 amide bonds. The highest BCUT2D eigenvalue weighted by Gasteiger charge is 2.17. The Hall–Kier alpha value is -1.43. The van der Waals surface area contributed by atoms with E-state index in [1.165, 1.54) is 0 Å². The first-order valence-corrected chi connectivity index (χ1v) is 4.01. The van der Waals surface area contributed by atoms with Crippen LogP contribution in [0.2, 0.25) is 0 Å². The molecule has 0 aromatic rings. The third-order valence-electron chi connectivity index (χ3n) is 1.48. The maximum absolute atomic E-state index is 11.1. The summed E-state index contributed by atoms with van der Waals surface area (Å²) in [5, 5.41) is 3.59. The summed E-state index contributed by atoms with van der Waals surface area (Å²) in [7, 11) is 0. The molecule has 0 aromatic heterocycles. The van der Waals surface area contributed by atoms with Gasteiger partial charge in [0.25, 0.3) is 5.91 Å². The van der Waals surface area contributed by atoms with Gasteiger partial charge in [-0.3, -0.25) is 14.4 Å². The molecule has 0 spiro atoms. The van der Waals surface area contributed by atoms with Gasteiger partial charge in [-0.15, -0.1) is 0 Å². The van der Waals surface area contributed by atoms with Crippen molar-refractivity contribution in [3.8, 4) is 0 Å². The summed E-state index contributed by atoms with van der Waals surface area (Å²) in [5.41, 5.74) is 4.70. The Balaban J connectivity index is 2.43. The number of hydrogen-bond donors (Lipinski definition) is 2. The van der Waals surface area contributed by atoms with Gasteiger partial charge in [-0.05, 0) is 6.92 Å². The molecule has 2 N–H and O–H groups in total. The lowest BCUT2D eigenvalue weighted by molar-refractivity contribution is -0.126. The van der Waals surface area contributed by atoms with Crippen LogP contribution in [0.5, 0.6) is 0 Å². The van der Waals surface area contributed by atoms with E-state index in [9.17, 15) is 9.59 Å². The van der Waals surface area contributed by atoms with Crippen molar-refractivity contribution in [3.63, 3.8) is 0 Å². The van der Waals surface area contributed by atoms with E-state index < -0.39 is 5.91 Å². The Morgan fingerprint density at radius 3 is 3.00 bits per heavy atom. The van der Waals surface area contributed by atoms with E-state index >= 15 is 0 Å². The number of hydrazone groups is 1. The molecule has 0 radical (unpaired) electrons. The zero-order chi connectivity index (χ0) is 9.68. The van der Waals surface area contributed by atoms with Gasteiger partial charge in [0.15, 0.2) is 0 Å². The van der Waals surface area contributed by atoms with E-state index in [-0.39, 0.29) is 11.6 Å². The minimum Gasteiger partial charge on any atom is -0.274 e. The second-order valence-electron chi connectivity index (χ2n) is 2.46. The molecule has 6 heteroatoms. The summed E-state index contributed by atoms with van der Waals surface area (Å²) < 4.78 is 0. The highest BCUT2D eigenvalue weighted by Crippen LogP contribution is 1.99. The molecule has 0 aromatic carbocycles. The molecule has 0 unspecified atom stereocenters. The topological polar surface area (TPSA) is 79.8 Å². The Morgan fingerprint density at radius 1 is 1.69 bits per heavy atom. The number of amides is 2. The van der Waals surface area contributed by atoms with Crippen molar-refractivity contribution < 1.29 is 14.4 Å². The number of rotatable bonds is 3. The maximum Gasteiger partial charge on any atom is 0.291 e. The number of nitrogens with one attached hydrogen (secondary N) is 2. The van der Waals surface area contributed by atoms with Crippen LogP contribution in [-0.2, 0) is 14.4 Å². The number of carbonyl (C=O) groups is 2. The van der Waals surface area contributed by atoms with Crippen molar-refractivity contribution in [2.45, 2.75) is 19.8 Å². The zero-order valence-corrected chi connectivity index (χ0v) is 7.29. The lowest BCUT2D eigenvalue weighted by Crippen LogP contribution is -2.36. The number of nitrogens with zero attached hydrogens (tertiary/aromatic N) is 1. The second kappa shape index (κ2) is 4.56. The minimum atomic E-state index is -0.401. The Labute approximate surface area is 75.3 Å². The van der Waals surface area contributed by atoms with E-state index in [2.05, 4.69) is 20.8 Å². The van der Waals surface area contributed by atoms with Gasteiger partial charge in [-0.25, -0.2) is 10.9 Å². The van der Waals surface area contributed by atoms with Crippen LogP contribution >= 0.6 is 0 Å². The van der Waals surface area contributed by atoms with E-state index in [1.807, 2.05) is 0 Å². The molecule has 0 saturated carbocycles. The first-order valence-electron chi connectivity index (χ1n) is 4.01. The van der Waals surface area contributed by atoms with Gasteiger partial charge in [0.05, 0.1) is 6.61 Å². The van der Waals surface area contributed by atoms with Crippen molar-refractivity contribution in [1.82, 2.24) is 10.9 Å². The van der Waals surface area contributed by atoms with Gasteiger partial charge in [-0.1, -0.05) is 0 Å². The molecule has 0 atom stereocenters. The SMILES string of the molecule is CCONC(=O)C1=NNC(=O)CC1. The molecular weight excluding hydrogens is 174 g/mol. The molecule has 1 aliphatic rings. The molecular formula is C7H11N3O3. The fourth-order valence-corrected chi connectivity index (χ4v) is 0.834. The van der Waals surface area contributed by atoms with Crippen molar-refractivity contribution in [2.24, 2.45) is 5.10 Å². The molecule has 0 bridgehead atoms. The van der Waals surface area contributed by atoms with Crippen LogP contribution in [-0.4, -0.2) is 24.1 Å². The van der Waals surface area contributed by atoms with Crippen LogP contribution in [0, 0.1) is 0 Å². The van der Waals surface area contributed by atoms with Gasteiger partial charge in [0.2, 0.25) is 5.91 Å². The predicted molar refractivity (Wildman–Crippen MR) is 44.6 cm³/mol. The average molecular weight is 185 g/mol. The summed E-state index contributed by atoms with van der Waals surface area (Å²) in [5.74, 6) is -0.574. The summed E-state index contributed by atoms with van der Waals surface area (Å²) in [6, 6.07) is 0. The van der Waals surface area contributed by atoms with Crippen molar-refractivity contribution in [3.05, 3.63) is 0 Å². The van der Waals surface area contributed by atoms with Gasteiger partial charge < -0.3 is 0 Å². The fraction of sp³-hybridized carbons (Fsp3) is 0.571. The molecule has 1 rings (SSSR count). The van der Waals surface area contributed by atoms with Gasteiger partial charge in [0, 0.05) is 12.8 Å². The highest BCUT2D eigenvalue weighted by atomic mass is 16.6. The molecule has 13 heavy (non-hydrogen) atoms. The fourth-order valence-electron chi connectivity index (χ4n) is 0.834. The summed E-state index contributed by atoms with van der Waals surface area (Å²) >= 11 is 0. The maximum atomic E-state index is 11.1.